The minimum absolute atomic E-state index is 0.243. The average Bonchev–Trinajstić information content (AvgIpc) is 2.16. The number of nitrogens with zero attached hydrogens (tertiary/aromatic N) is 1. The van der Waals surface area contributed by atoms with Gasteiger partial charge in [0, 0.05) is 7.11 Å². The van der Waals surface area contributed by atoms with Crippen molar-refractivity contribution in [2.24, 2.45) is 0 Å². The highest BCUT2D eigenvalue weighted by molar-refractivity contribution is 5.91. The van der Waals surface area contributed by atoms with Crippen molar-refractivity contribution in [2.75, 3.05) is 20.3 Å². The van der Waals surface area contributed by atoms with Gasteiger partial charge in [0.2, 0.25) is 6.29 Å². The third kappa shape index (κ3) is 5.30. The SMILES string of the molecule is C=C(C#N)C(=O)OC(C)OCCOC. The molecule has 0 amide bonds. The first-order valence-corrected chi connectivity index (χ1v) is 4.02. The molecule has 5 heteroatoms. The van der Waals surface area contributed by atoms with Gasteiger partial charge in [-0.2, -0.15) is 5.26 Å². The number of methoxy groups -OCH3 is 1. The zero-order valence-electron chi connectivity index (χ0n) is 8.28. The molecule has 14 heavy (non-hydrogen) atoms. The van der Waals surface area contributed by atoms with E-state index in [-0.39, 0.29) is 5.57 Å². The third-order valence-electron chi connectivity index (χ3n) is 1.29. The molecule has 0 N–H and O–H groups in total. The minimum atomic E-state index is -0.766. The van der Waals surface area contributed by atoms with Crippen LogP contribution in [0, 0.1) is 11.3 Å². The molecular weight excluding hydrogens is 186 g/mol. The van der Waals surface area contributed by atoms with Crippen molar-refractivity contribution in [2.45, 2.75) is 13.2 Å². The zero-order chi connectivity index (χ0) is 11.0. The lowest BCUT2D eigenvalue weighted by molar-refractivity contribution is -0.171. The molecule has 0 aromatic rings. The molecular formula is C9H13NO4. The minimum Gasteiger partial charge on any atom is -0.432 e. The molecule has 0 rings (SSSR count). The first-order valence-electron chi connectivity index (χ1n) is 4.02. The molecule has 0 aromatic carbocycles. The van der Waals surface area contributed by atoms with Gasteiger partial charge < -0.3 is 14.2 Å². The number of hydrogen-bond donors (Lipinski definition) is 0. The van der Waals surface area contributed by atoms with Crippen LogP contribution in [0.2, 0.25) is 0 Å². The predicted molar refractivity (Wildman–Crippen MR) is 48.1 cm³/mol. The van der Waals surface area contributed by atoms with E-state index in [1.165, 1.54) is 7.11 Å². The molecule has 5 nitrogen and oxygen atoms in total. The second-order valence-electron chi connectivity index (χ2n) is 2.43. The van der Waals surface area contributed by atoms with Gasteiger partial charge in [0.05, 0.1) is 13.2 Å². The van der Waals surface area contributed by atoms with Gasteiger partial charge in [-0.3, -0.25) is 0 Å². The lowest BCUT2D eigenvalue weighted by Crippen LogP contribution is -2.20. The van der Waals surface area contributed by atoms with E-state index in [1.54, 1.807) is 13.0 Å². The molecule has 0 aliphatic carbocycles. The fourth-order valence-electron chi connectivity index (χ4n) is 0.599. The molecule has 0 bridgehead atoms. The lowest BCUT2D eigenvalue weighted by Gasteiger charge is -2.12. The van der Waals surface area contributed by atoms with Gasteiger partial charge in [0.1, 0.15) is 11.6 Å². The highest BCUT2D eigenvalue weighted by Gasteiger charge is 2.12. The Bertz CT molecular complexity index is 244. The zero-order valence-corrected chi connectivity index (χ0v) is 8.28. The van der Waals surface area contributed by atoms with Crippen LogP contribution in [0.15, 0.2) is 12.2 Å². The van der Waals surface area contributed by atoms with Crippen molar-refractivity contribution in [3.05, 3.63) is 12.2 Å². The summed E-state index contributed by atoms with van der Waals surface area (Å²) in [4.78, 5) is 11.0. The largest absolute Gasteiger partial charge is 0.432 e. The topological polar surface area (TPSA) is 68.6 Å². The van der Waals surface area contributed by atoms with E-state index in [0.717, 1.165) is 0 Å². The Kier molecular flexibility index (Phi) is 6.37. The fraction of sp³-hybridized carbons (Fsp3) is 0.556. The molecule has 1 unspecified atom stereocenters. The van der Waals surface area contributed by atoms with Gasteiger partial charge in [-0.15, -0.1) is 0 Å². The summed E-state index contributed by atoms with van der Waals surface area (Å²) < 4.78 is 14.5. The maximum atomic E-state index is 11.0. The second kappa shape index (κ2) is 7.06. The fourth-order valence-corrected chi connectivity index (χ4v) is 0.599. The Labute approximate surface area is 82.9 Å². The predicted octanol–water partition coefficient (Wildman–Crippen LogP) is 0.618. The number of carbonyl (C=O) groups excluding carboxylic acids is 1. The Morgan fingerprint density at radius 2 is 2.21 bits per heavy atom. The summed E-state index contributed by atoms with van der Waals surface area (Å²) in [6.07, 6.45) is -0.706. The molecule has 0 aromatic heterocycles. The number of hydrogen-bond acceptors (Lipinski definition) is 5. The highest BCUT2D eigenvalue weighted by Crippen LogP contribution is 1.99. The van der Waals surface area contributed by atoms with E-state index in [1.807, 2.05) is 0 Å². The molecule has 78 valence electrons. The van der Waals surface area contributed by atoms with E-state index in [9.17, 15) is 4.79 Å². The summed E-state index contributed by atoms with van der Waals surface area (Å²) in [6.45, 7) is 5.50. The van der Waals surface area contributed by atoms with Gasteiger partial charge in [0.25, 0.3) is 0 Å². The van der Waals surface area contributed by atoms with Crippen molar-refractivity contribution in [3.8, 4) is 6.07 Å². The van der Waals surface area contributed by atoms with E-state index >= 15 is 0 Å². The van der Waals surface area contributed by atoms with Crippen LogP contribution in [0.1, 0.15) is 6.92 Å². The van der Waals surface area contributed by atoms with Crippen molar-refractivity contribution in [3.63, 3.8) is 0 Å². The maximum absolute atomic E-state index is 11.0. The smallest absolute Gasteiger partial charge is 0.350 e. The summed E-state index contributed by atoms with van der Waals surface area (Å²) >= 11 is 0. The van der Waals surface area contributed by atoms with Crippen LogP contribution < -0.4 is 0 Å². The summed E-state index contributed by atoms with van der Waals surface area (Å²) in [5, 5.41) is 8.32. The molecule has 0 fully saturated rings. The normalized spacial score (nSPS) is 11.5. The molecule has 0 heterocycles. The van der Waals surface area contributed by atoms with Crippen LogP contribution in [-0.2, 0) is 19.0 Å². The second-order valence-corrected chi connectivity index (χ2v) is 2.43. The Morgan fingerprint density at radius 1 is 1.57 bits per heavy atom. The Hall–Kier alpha value is -1.38. The average molecular weight is 199 g/mol. The van der Waals surface area contributed by atoms with Crippen molar-refractivity contribution in [1.29, 1.82) is 5.26 Å². The van der Waals surface area contributed by atoms with Crippen LogP contribution in [0.4, 0.5) is 0 Å². The summed E-state index contributed by atoms with van der Waals surface area (Å²) in [7, 11) is 1.54. The molecule has 1 atom stereocenters. The standard InChI is InChI=1S/C9H13NO4/c1-7(6-10)9(11)14-8(2)13-5-4-12-3/h8H,1,4-5H2,2-3H3. The van der Waals surface area contributed by atoms with Crippen LogP contribution in [0.5, 0.6) is 0 Å². The van der Waals surface area contributed by atoms with Crippen molar-refractivity contribution in [1.82, 2.24) is 0 Å². The summed E-state index contributed by atoms with van der Waals surface area (Å²) in [5.41, 5.74) is -0.243. The maximum Gasteiger partial charge on any atom is 0.350 e. The van der Waals surface area contributed by atoms with Crippen LogP contribution in [-0.4, -0.2) is 32.6 Å². The molecule has 0 aliphatic rings. The monoisotopic (exact) mass is 199 g/mol. The first kappa shape index (κ1) is 12.6. The highest BCUT2D eigenvalue weighted by atomic mass is 16.7. The molecule has 0 radical (unpaired) electrons. The van der Waals surface area contributed by atoms with Gasteiger partial charge in [0.15, 0.2) is 0 Å². The number of rotatable bonds is 6. The van der Waals surface area contributed by atoms with Gasteiger partial charge >= 0.3 is 5.97 Å². The van der Waals surface area contributed by atoms with E-state index in [4.69, 9.17) is 19.5 Å². The molecule has 0 spiro atoms. The van der Waals surface area contributed by atoms with E-state index in [2.05, 4.69) is 6.58 Å². The van der Waals surface area contributed by atoms with Crippen molar-refractivity contribution < 1.29 is 19.0 Å². The lowest BCUT2D eigenvalue weighted by atomic mass is 10.3. The van der Waals surface area contributed by atoms with Crippen LogP contribution in [0.25, 0.3) is 0 Å². The van der Waals surface area contributed by atoms with Crippen LogP contribution in [0.3, 0.4) is 0 Å². The third-order valence-corrected chi connectivity index (χ3v) is 1.29. The van der Waals surface area contributed by atoms with Gasteiger partial charge in [-0.1, -0.05) is 6.58 Å². The van der Waals surface area contributed by atoms with E-state index < -0.39 is 12.3 Å². The number of ether oxygens (including phenoxy) is 3. The van der Waals surface area contributed by atoms with E-state index in [0.29, 0.717) is 13.2 Å². The molecule has 0 aliphatic heterocycles. The van der Waals surface area contributed by atoms with Crippen molar-refractivity contribution >= 4 is 5.97 Å². The van der Waals surface area contributed by atoms with Gasteiger partial charge in [-0.25, -0.2) is 4.79 Å². The molecule has 0 saturated heterocycles. The Morgan fingerprint density at radius 3 is 2.71 bits per heavy atom. The number of nitriles is 1. The first-order chi connectivity index (χ1) is 6.61. The van der Waals surface area contributed by atoms with Crippen LogP contribution >= 0.6 is 0 Å². The quantitative estimate of drug-likeness (QED) is 0.206. The number of carbonyl (C=O) groups is 1. The summed E-state index contributed by atoms with van der Waals surface area (Å²) in [6, 6.07) is 1.59. The van der Waals surface area contributed by atoms with Gasteiger partial charge in [-0.05, 0) is 6.92 Å². The number of esters is 1. The summed E-state index contributed by atoms with van der Waals surface area (Å²) in [5.74, 6) is -0.766. The molecule has 0 saturated carbocycles. The Balaban J connectivity index is 3.72.